The lowest BCUT2D eigenvalue weighted by atomic mass is 9.94. The van der Waals surface area contributed by atoms with E-state index >= 15 is 0 Å². The summed E-state index contributed by atoms with van der Waals surface area (Å²) in [5, 5.41) is 3.47. The number of rotatable bonds is 1. The number of hydrogen-bond acceptors (Lipinski definition) is 2. The molecule has 3 heteroatoms. The number of benzene rings is 1. The fourth-order valence-electron chi connectivity index (χ4n) is 3.31. The number of imidazole rings is 1. The Kier molecular flexibility index (Phi) is 3.56. The van der Waals surface area contributed by atoms with E-state index in [2.05, 4.69) is 56.6 Å². The van der Waals surface area contributed by atoms with Gasteiger partial charge in [-0.1, -0.05) is 20.8 Å². The minimum Gasteiger partial charge on any atom is -0.324 e. The summed E-state index contributed by atoms with van der Waals surface area (Å²) in [7, 11) is 0. The van der Waals surface area contributed by atoms with E-state index in [0.717, 1.165) is 18.6 Å². The molecule has 2 heterocycles. The molecule has 0 saturated carbocycles. The van der Waals surface area contributed by atoms with E-state index in [9.17, 15) is 0 Å². The summed E-state index contributed by atoms with van der Waals surface area (Å²) < 4.78 is 2.53. The highest BCUT2D eigenvalue weighted by Gasteiger charge is 2.27. The molecule has 1 aliphatic heterocycles. The van der Waals surface area contributed by atoms with Crippen LogP contribution in [0.2, 0.25) is 0 Å². The van der Waals surface area contributed by atoms with Crippen LogP contribution in [0.1, 0.15) is 56.6 Å². The van der Waals surface area contributed by atoms with Crippen LogP contribution in [0.25, 0.3) is 11.0 Å². The van der Waals surface area contributed by atoms with Crippen LogP contribution >= 0.6 is 0 Å². The molecule has 1 aliphatic rings. The zero-order chi connectivity index (χ0) is 15.2. The number of nitrogens with one attached hydrogen (secondary N) is 1. The van der Waals surface area contributed by atoms with Gasteiger partial charge >= 0.3 is 0 Å². The molecule has 1 aromatic carbocycles. The second-order valence-electron chi connectivity index (χ2n) is 7.46. The molecule has 21 heavy (non-hydrogen) atoms. The Morgan fingerprint density at radius 2 is 1.71 bits per heavy atom. The minimum absolute atomic E-state index is 0.0751. The molecule has 1 N–H and O–H groups in total. The maximum Gasteiger partial charge on any atom is 0.115 e. The molecule has 1 fully saturated rings. The van der Waals surface area contributed by atoms with Crippen LogP contribution in [0.4, 0.5) is 0 Å². The normalized spacial score (nSPS) is 17.6. The largest absolute Gasteiger partial charge is 0.324 e. The summed E-state index contributed by atoms with van der Waals surface area (Å²) in [6, 6.07) is 5.15. The van der Waals surface area contributed by atoms with Gasteiger partial charge in [-0.25, -0.2) is 4.98 Å². The summed E-state index contributed by atoms with van der Waals surface area (Å²) in [6.45, 7) is 13.4. The van der Waals surface area contributed by atoms with Gasteiger partial charge in [-0.05, 0) is 63.0 Å². The number of hydrogen-bond donors (Lipinski definition) is 1. The van der Waals surface area contributed by atoms with Gasteiger partial charge in [0, 0.05) is 11.5 Å². The lowest BCUT2D eigenvalue weighted by molar-refractivity contribution is 0.350. The lowest BCUT2D eigenvalue weighted by Crippen LogP contribution is -2.32. The van der Waals surface area contributed by atoms with Crippen molar-refractivity contribution in [3.8, 4) is 0 Å². The molecule has 0 radical (unpaired) electrons. The van der Waals surface area contributed by atoms with E-state index in [1.54, 1.807) is 0 Å². The first-order valence-corrected chi connectivity index (χ1v) is 8.08. The Morgan fingerprint density at radius 1 is 1.10 bits per heavy atom. The van der Waals surface area contributed by atoms with Crippen LogP contribution in [-0.2, 0) is 5.41 Å². The number of aryl methyl sites for hydroxylation is 2. The van der Waals surface area contributed by atoms with Crippen LogP contribution in [0.5, 0.6) is 0 Å². The molecule has 1 saturated heterocycles. The van der Waals surface area contributed by atoms with Crippen molar-refractivity contribution in [3.63, 3.8) is 0 Å². The Morgan fingerprint density at radius 3 is 2.33 bits per heavy atom. The summed E-state index contributed by atoms with van der Waals surface area (Å²) >= 11 is 0. The molecule has 0 bridgehead atoms. The molecular weight excluding hydrogens is 258 g/mol. The summed E-state index contributed by atoms with van der Waals surface area (Å²) in [4.78, 5) is 5.00. The van der Waals surface area contributed by atoms with Crippen LogP contribution in [0.15, 0.2) is 12.1 Å². The summed E-state index contributed by atoms with van der Waals surface area (Å²) in [6.07, 6.45) is 2.39. The second-order valence-corrected chi connectivity index (χ2v) is 7.46. The third kappa shape index (κ3) is 2.59. The van der Waals surface area contributed by atoms with Gasteiger partial charge in [0.05, 0.1) is 11.0 Å². The molecule has 1 aromatic heterocycles. The fraction of sp³-hybridized carbons (Fsp3) is 0.611. The lowest BCUT2D eigenvalue weighted by Gasteiger charge is -2.29. The van der Waals surface area contributed by atoms with E-state index in [1.165, 1.54) is 35.3 Å². The number of piperidine rings is 1. The third-order valence-corrected chi connectivity index (χ3v) is 4.65. The first-order valence-electron chi connectivity index (χ1n) is 8.08. The highest BCUT2D eigenvalue weighted by molar-refractivity contribution is 5.78. The van der Waals surface area contributed by atoms with Gasteiger partial charge < -0.3 is 9.88 Å². The molecule has 0 unspecified atom stereocenters. The van der Waals surface area contributed by atoms with E-state index in [0.29, 0.717) is 6.04 Å². The van der Waals surface area contributed by atoms with E-state index < -0.39 is 0 Å². The van der Waals surface area contributed by atoms with Crippen LogP contribution < -0.4 is 5.32 Å². The maximum absolute atomic E-state index is 5.00. The van der Waals surface area contributed by atoms with Gasteiger partial charge in [0.1, 0.15) is 5.82 Å². The molecular formula is C18H27N3. The van der Waals surface area contributed by atoms with E-state index in [4.69, 9.17) is 4.98 Å². The van der Waals surface area contributed by atoms with E-state index in [-0.39, 0.29) is 5.41 Å². The van der Waals surface area contributed by atoms with Gasteiger partial charge in [0.2, 0.25) is 0 Å². The molecule has 3 nitrogen and oxygen atoms in total. The Hall–Kier alpha value is -1.35. The van der Waals surface area contributed by atoms with Crippen molar-refractivity contribution in [1.82, 2.24) is 14.9 Å². The highest BCUT2D eigenvalue weighted by Crippen LogP contribution is 2.33. The van der Waals surface area contributed by atoms with Crippen LogP contribution in [-0.4, -0.2) is 22.6 Å². The fourth-order valence-corrected chi connectivity index (χ4v) is 3.31. The Bertz CT molecular complexity index is 655. The molecule has 3 rings (SSSR count). The predicted molar refractivity (Wildman–Crippen MR) is 89.0 cm³/mol. The molecule has 114 valence electrons. The van der Waals surface area contributed by atoms with Crippen molar-refractivity contribution in [2.45, 2.75) is 58.9 Å². The molecule has 2 aromatic rings. The van der Waals surface area contributed by atoms with Gasteiger partial charge in [0.15, 0.2) is 0 Å². The first-order chi connectivity index (χ1) is 9.88. The van der Waals surface area contributed by atoms with Crippen molar-refractivity contribution >= 4 is 11.0 Å². The zero-order valence-corrected chi connectivity index (χ0v) is 14.0. The monoisotopic (exact) mass is 285 g/mol. The molecule has 0 atom stereocenters. The van der Waals surface area contributed by atoms with Gasteiger partial charge in [-0.3, -0.25) is 0 Å². The molecule has 0 amide bonds. The third-order valence-electron chi connectivity index (χ3n) is 4.65. The maximum atomic E-state index is 5.00. The van der Waals surface area contributed by atoms with Crippen molar-refractivity contribution in [3.05, 3.63) is 29.1 Å². The van der Waals surface area contributed by atoms with Crippen LogP contribution in [0.3, 0.4) is 0 Å². The molecule has 0 spiro atoms. The average Bonchev–Trinajstić information content (AvgIpc) is 2.79. The number of fused-ring (bicyclic) bond motifs is 1. The van der Waals surface area contributed by atoms with Crippen molar-refractivity contribution in [2.24, 2.45) is 0 Å². The zero-order valence-electron chi connectivity index (χ0n) is 14.0. The Labute approximate surface area is 127 Å². The smallest absolute Gasteiger partial charge is 0.115 e. The Balaban J connectivity index is 2.24. The van der Waals surface area contributed by atoms with Crippen molar-refractivity contribution < 1.29 is 0 Å². The number of aromatic nitrogens is 2. The van der Waals surface area contributed by atoms with Crippen molar-refractivity contribution in [1.29, 1.82) is 0 Å². The van der Waals surface area contributed by atoms with Gasteiger partial charge in [-0.15, -0.1) is 0 Å². The summed E-state index contributed by atoms with van der Waals surface area (Å²) in [5.41, 5.74) is 5.23. The van der Waals surface area contributed by atoms with Gasteiger partial charge in [0.25, 0.3) is 0 Å². The quantitative estimate of drug-likeness (QED) is 0.862. The highest BCUT2D eigenvalue weighted by atomic mass is 15.1. The second kappa shape index (κ2) is 5.13. The summed E-state index contributed by atoms with van der Waals surface area (Å²) in [5.74, 6) is 1.23. The first kappa shape index (κ1) is 14.6. The van der Waals surface area contributed by atoms with Crippen LogP contribution in [0, 0.1) is 13.8 Å². The van der Waals surface area contributed by atoms with E-state index in [1.807, 2.05) is 0 Å². The molecule has 0 aliphatic carbocycles. The van der Waals surface area contributed by atoms with Gasteiger partial charge in [-0.2, -0.15) is 0 Å². The standard InChI is InChI=1S/C18H27N3/c1-12-10-15-16(11-13(12)2)21(14-6-8-19-9-7-14)17(20-15)18(3,4)5/h10-11,14,19H,6-9H2,1-5H3. The SMILES string of the molecule is Cc1cc2nc(C(C)(C)C)n(C3CCNCC3)c2cc1C. The average molecular weight is 285 g/mol. The minimum atomic E-state index is 0.0751. The predicted octanol–water partition coefficient (Wildman–Crippen LogP) is 3.88. The number of nitrogens with zero attached hydrogens (tertiary/aromatic N) is 2. The topological polar surface area (TPSA) is 29.9 Å². The van der Waals surface area contributed by atoms with Crippen molar-refractivity contribution in [2.75, 3.05) is 13.1 Å².